The molecule has 0 fully saturated rings. The highest BCUT2D eigenvalue weighted by molar-refractivity contribution is 5.73. The zero-order valence-corrected chi connectivity index (χ0v) is 17.9. The molecule has 0 amide bonds. The van der Waals surface area contributed by atoms with Gasteiger partial charge in [0.05, 0.1) is 12.3 Å². The van der Waals surface area contributed by atoms with Crippen LogP contribution in [0.4, 0.5) is 16.0 Å². The lowest BCUT2D eigenvalue weighted by atomic mass is 9.78. The Bertz CT molecular complexity index is 1260. The van der Waals surface area contributed by atoms with Gasteiger partial charge in [-0.15, -0.1) is 0 Å². The van der Waals surface area contributed by atoms with Gasteiger partial charge in [-0.25, -0.2) is 14.4 Å². The van der Waals surface area contributed by atoms with Crippen LogP contribution in [0.2, 0.25) is 0 Å². The van der Waals surface area contributed by atoms with Crippen LogP contribution in [-0.2, 0) is 17.6 Å². The van der Waals surface area contributed by atoms with E-state index in [1.807, 2.05) is 42.6 Å². The highest BCUT2D eigenvalue weighted by Gasteiger charge is 2.28. The summed E-state index contributed by atoms with van der Waals surface area (Å²) >= 11 is 0. The molecule has 0 saturated heterocycles. The molecule has 1 atom stereocenters. The molecular formula is C27H24FN3O. The monoisotopic (exact) mass is 425 g/mol. The van der Waals surface area contributed by atoms with Crippen molar-refractivity contribution < 1.29 is 9.13 Å². The second kappa shape index (κ2) is 8.89. The number of fused-ring (bicyclic) bond motifs is 3. The Morgan fingerprint density at radius 1 is 1.00 bits per heavy atom. The minimum Gasteiger partial charge on any atom is -0.384 e. The smallest absolute Gasteiger partial charge is 0.227 e. The van der Waals surface area contributed by atoms with Crippen LogP contribution in [-0.4, -0.2) is 23.7 Å². The van der Waals surface area contributed by atoms with Crippen LogP contribution in [0.25, 0.3) is 11.3 Å². The summed E-state index contributed by atoms with van der Waals surface area (Å²) in [6.45, 7) is 0.679. The number of rotatable bonds is 6. The summed E-state index contributed by atoms with van der Waals surface area (Å²) in [5.74, 6) is 0.315. The molecule has 0 saturated carbocycles. The molecule has 5 heteroatoms. The van der Waals surface area contributed by atoms with Gasteiger partial charge in [-0.05, 0) is 53.3 Å². The lowest BCUT2D eigenvalue weighted by Crippen LogP contribution is -2.16. The quantitative estimate of drug-likeness (QED) is 0.418. The average Bonchev–Trinajstić information content (AvgIpc) is 2.83. The molecule has 1 unspecified atom stereocenters. The van der Waals surface area contributed by atoms with Gasteiger partial charge in [0.25, 0.3) is 0 Å². The van der Waals surface area contributed by atoms with E-state index in [2.05, 4.69) is 34.6 Å². The molecule has 1 aliphatic carbocycles. The van der Waals surface area contributed by atoms with E-state index in [4.69, 9.17) is 9.72 Å². The number of aromatic nitrogens is 2. The van der Waals surface area contributed by atoms with E-state index in [0.29, 0.717) is 24.5 Å². The molecule has 0 bridgehead atoms. The number of nitrogens with one attached hydrogen (secondary N) is 1. The standard InChI is InChI=1S/C27H24FN3O/c1-32-14-13-18-7-6-8-20(15-18)30-27-29-17-19-16-24(22-10-4-5-12-25(22)28)21-9-2-3-11-23(21)26(19)31-27/h2-12,15,17,24H,13-14,16H2,1H3,(H,29,30,31). The van der Waals surface area contributed by atoms with Crippen molar-refractivity contribution in [2.45, 2.75) is 18.8 Å². The van der Waals surface area contributed by atoms with Crippen LogP contribution in [0.15, 0.2) is 79.0 Å². The van der Waals surface area contributed by atoms with E-state index in [1.165, 1.54) is 11.6 Å². The van der Waals surface area contributed by atoms with Crippen molar-refractivity contribution in [3.63, 3.8) is 0 Å². The maximum Gasteiger partial charge on any atom is 0.227 e. The maximum absolute atomic E-state index is 14.6. The van der Waals surface area contributed by atoms with E-state index in [9.17, 15) is 4.39 Å². The molecule has 160 valence electrons. The van der Waals surface area contributed by atoms with Crippen LogP contribution in [0.5, 0.6) is 0 Å². The van der Waals surface area contributed by atoms with Crippen molar-refractivity contribution in [3.05, 3.63) is 107 Å². The molecule has 0 aliphatic heterocycles. The summed E-state index contributed by atoms with van der Waals surface area (Å²) in [5, 5.41) is 3.33. The maximum atomic E-state index is 14.6. The normalized spacial score (nSPS) is 14.5. The summed E-state index contributed by atoms with van der Waals surface area (Å²) < 4.78 is 19.8. The molecule has 3 aromatic carbocycles. The van der Waals surface area contributed by atoms with Crippen LogP contribution in [0, 0.1) is 5.82 Å². The highest BCUT2D eigenvalue weighted by atomic mass is 19.1. The van der Waals surface area contributed by atoms with Crippen LogP contribution < -0.4 is 5.32 Å². The largest absolute Gasteiger partial charge is 0.384 e. The summed E-state index contributed by atoms with van der Waals surface area (Å²) in [6.07, 6.45) is 3.38. The van der Waals surface area contributed by atoms with E-state index in [0.717, 1.165) is 34.5 Å². The first kappa shape index (κ1) is 20.3. The van der Waals surface area contributed by atoms with Gasteiger partial charge in [0.1, 0.15) is 5.82 Å². The molecule has 4 nitrogen and oxygen atoms in total. The number of nitrogens with zero attached hydrogens (tertiary/aromatic N) is 2. The summed E-state index contributed by atoms with van der Waals surface area (Å²) in [4.78, 5) is 9.41. The Morgan fingerprint density at radius 3 is 2.66 bits per heavy atom. The predicted molar refractivity (Wildman–Crippen MR) is 125 cm³/mol. The van der Waals surface area contributed by atoms with Crippen molar-refractivity contribution in [3.8, 4) is 11.3 Å². The molecule has 1 aromatic heterocycles. The Morgan fingerprint density at radius 2 is 1.81 bits per heavy atom. The molecule has 5 rings (SSSR count). The Labute approximate surface area is 187 Å². The van der Waals surface area contributed by atoms with Gasteiger partial charge < -0.3 is 10.1 Å². The minimum atomic E-state index is -0.177. The fourth-order valence-electron chi connectivity index (χ4n) is 4.38. The lowest BCUT2D eigenvalue weighted by Gasteiger charge is -2.27. The number of benzene rings is 3. The van der Waals surface area contributed by atoms with Gasteiger partial charge in [-0.1, -0.05) is 54.6 Å². The predicted octanol–water partition coefficient (Wildman–Crippen LogP) is 5.90. The number of hydrogen-bond donors (Lipinski definition) is 1. The number of hydrogen-bond acceptors (Lipinski definition) is 4. The Hall–Kier alpha value is -3.57. The lowest BCUT2D eigenvalue weighted by molar-refractivity contribution is 0.202. The van der Waals surface area contributed by atoms with E-state index >= 15 is 0 Å². The molecular weight excluding hydrogens is 401 g/mol. The van der Waals surface area contributed by atoms with Gasteiger partial charge in [0.2, 0.25) is 5.95 Å². The molecule has 1 aliphatic rings. The van der Waals surface area contributed by atoms with Gasteiger partial charge in [0.15, 0.2) is 0 Å². The molecule has 32 heavy (non-hydrogen) atoms. The summed E-state index contributed by atoms with van der Waals surface area (Å²) in [7, 11) is 1.71. The molecule has 1 N–H and O–H groups in total. The third-order valence-corrected chi connectivity index (χ3v) is 5.94. The van der Waals surface area contributed by atoms with Crippen LogP contribution in [0.1, 0.15) is 28.2 Å². The van der Waals surface area contributed by atoms with Gasteiger partial charge >= 0.3 is 0 Å². The number of halogens is 1. The molecule has 0 radical (unpaired) electrons. The summed E-state index contributed by atoms with van der Waals surface area (Å²) in [5.41, 5.74) is 6.88. The minimum absolute atomic E-state index is 0.0558. The second-order valence-corrected chi connectivity index (χ2v) is 8.00. The van der Waals surface area contributed by atoms with Crippen molar-refractivity contribution in [2.75, 3.05) is 19.0 Å². The second-order valence-electron chi connectivity index (χ2n) is 8.00. The molecule has 1 heterocycles. The van der Waals surface area contributed by atoms with E-state index in [1.54, 1.807) is 13.2 Å². The van der Waals surface area contributed by atoms with E-state index in [-0.39, 0.29) is 11.7 Å². The zero-order valence-electron chi connectivity index (χ0n) is 17.9. The number of ether oxygens (including phenoxy) is 1. The topological polar surface area (TPSA) is 47.0 Å². The van der Waals surface area contributed by atoms with Crippen molar-refractivity contribution >= 4 is 11.6 Å². The first-order valence-corrected chi connectivity index (χ1v) is 10.8. The highest BCUT2D eigenvalue weighted by Crippen LogP contribution is 2.42. The Balaban J connectivity index is 1.48. The molecule has 4 aromatic rings. The van der Waals surface area contributed by atoms with Crippen molar-refractivity contribution in [1.29, 1.82) is 0 Å². The van der Waals surface area contributed by atoms with Crippen molar-refractivity contribution in [2.24, 2.45) is 0 Å². The first-order valence-electron chi connectivity index (χ1n) is 10.8. The fourth-order valence-corrected chi connectivity index (χ4v) is 4.38. The zero-order chi connectivity index (χ0) is 21.9. The van der Waals surface area contributed by atoms with Gasteiger partial charge in [-0.2, -0.15) is 0 Å². The fraction of sp³-hybridized carbons (Fsp3) is 0.185. The van der Waals surface area contributed by atoms with Gasteiger partial charge in [0, 0.05) is 30.5 Å². The first-order chi connectivity index (χ1) is 15.7. The van der Waals surface area contributed by atoms with Crippen LogP contribution >= 0.6 is 0 Å². The van der Waals surface area contributed by atoms with E-state index < -0.39 is 0 Å². The number of anilines is 2. The third-order valence-electron chi connectivity index (χ3n) is 5.94. The number of methoxy groups -OCH3 is 1. The average molecular weight is 426 g/mol. The summed E-state index contributed by atoms with van der Waals surface area (Å²) in [6, 6.07) is 23.3. The molecule has 0 spiro atoms. The SMILES string of the molecule is COCCc1cccc(Nc2ncc3c(n2)-c2ccccc2C(c2ccccc2F)C3)c1. The Kier molecular flexibility index (Phi) is 5.65. The third kappa shape index (κ3) is 3.99. The van der Waals surface area contributed by atoms with Crippen LogP contribution in [0.3, 0.4) is 0 Å². The van der Waals surface area contributed by atoms with Gasteiger partial charge in [-0.3, -0.25) is 0 Å². The van der Waals surface area contributed by atoms with Crippen molar-refractivity contribution in [1.82, 2.24) is 9.97 Å².